The molecule has 1 saturated carbocycles. The molecule has 2 amide bonds. The minimum Gasteiger partial charge on any atom is -0.353 e. The maximum Gasteiger partial charge on any atom is 0.416 e. The SMILES string of the molecule is O=C(NC1CCCCC1)C1CCN([C@H](C(=O)NS(=O)(=O)c2ccc(Cl)cc2)c2cc(C(F)(F)F)cc(C(F)(F)F)c2)CC1. The predicted molar refractivity (Wildman–Crippen MR) is 145 cm³/mol. The van der Waals surface area contributed by atoms with E-state index in [4.69, 9.17) is 11.6 Å². The molecule has 2 N–H and O–H groups in total. The summed E-state index contributed by atoms with van der Waals surface area (Å²) >= 11 is 5.79. The fourth-order valence-electron chi connectivity index (χ4n) is 5.51. The monoisotopic (exact) mass is 653 g/mol. The number of piperidine rings is 1. The molecule has 1 heterocycles. The Morgan fingerprint density at radius 2 is 1.37 bits per heavy atom. The highest BCUT2D eigenvalue weighted by molar-refractivity contribution is 7.90. The van der Waals surface area contributed by atoms with Gasteiger partial charge in [0.05, 0.1) is 16.0 Å². The fourth-order valence-corrected chi connectivity index (χ4v) is 6.63. The predicted octanol–water partition coefficient (Wildman–Crippen LogP) is 6.08. The molecule has 2 aromatic carbocycles. The highest BCUT2D eigenvalue weighted by atomic mass is 35.5. The Hall–Kier alpha value is -2.84. The zero-order chi connectivity index (χ0) is 31.6. The van der Waals surface area contributed by atoms with E-state index in [9.17, 15) is 44.3 Å². The molecule has 1 aliphatic heterocycles. The van der Waals surface area contributed by atoms with Crippen molar-refractivity contribution >= 4 is 33.4 Å². The normalized spacial score (nSPS) is 18.7. The molecule has 0 unspecified atom stereocenters. The number of nitrogens with zero attached hydrogens (tertiary/aromatic N) is 1. The van der Waals surface area contributed by atoms with Crippen molar-refractivity contribution in [3.8, 4) is 0 Å². The van der Waals surface area contributed by atoms with E-state index in [-0.39, 0.29) is 53.9 Å². The van der Waals surface area contributed by atoms with Crippen molar-refractivity contribution < 1.29 is 44.3 Å². The van der Waals surface area contributed by atoms with Gasteiger partial charge in [0.15, 0.2) is 0 Å². The van der Waals surface area contributed by atoms with Gasteiger partial charge in [-0.1, -0.05) is 30.9 Å². The second-order valence-corrected chi connectivity index (χ2v) is 12.9. The lowest BCUT2D eigenvalue weighted by molar-refractivity contribution is -0.143. The van der Waals surface area contributed by atoms with Crippen molar-refractivity contribution in [3.05, 3.63) is 64.2 Å². The van der Waals surface area contributed by atoms with Crippen LogP contribution in [-0.2, 0) is 32.0 Å². The molecule has 236 valence electrons. The van der Waals surface area contributed by atoms with Crippen LogP contribution in [0.5, 0.6) is 0 Å². The summed E-state index contributed by atoms with van der Waals surface area (Å²) in [5, 5.41) is 3.21. The third-order valence-corrected chi connectivity index (χ3v) is 9.36. The average Bonchev–Trinajstić information content (AvgIpc) is 2.93. The lowest BCUT2D eigenvalue weighted by Gasteiger charge is -2.37. The van der Waals surface area contributed by atoms with Gasteiger partial charge in [-0.05, 0) is 86.8 Å². The van der Waals surface area contributed by atoms with Gasteiger partial charge >= 0.3 is 12.4 Å². The third kappa shape index (κ3) is 8.42. The van der Waals surface area contributed by atoms with Gasteiger partial charge in [0.1, 0.15) is 6.04 Å². The van der Waals surface area contributed by atoms with Crippen LogP contribution in [-0.4, -0.2) is 44.3 Å². The van der Waals surface area contributed by atoms with Gasteiger partial charge in [-0.25, -0.2) is 13.1 Å². The Morgan fingerprint density at radius 1 is 0.837 bits per heavy atom. The minimum atomic E-state index is -5.18. The van der Waals surface area contributed by atoms with Gasteiger partial charge in [-0.3, -0.25) is 14.5 Å². The molecular formula is C28H30ClF6N3O4S. The molecule has 2 aromatic rings. The Morgan fingerprint density at radius 3 is 1.88 bits per heavy atom. The molecule has 0 bridgehead atoms. The maximum absolute atomic E-state index is 13.7. The van der Waals surface area contributed by atoms with Crippen molar-refractivity contribution in [2.45, 2.75) is 74.3 Å². The first-order valence-electron chi connectivity index (χ1n) is 13.7. The standard InChI is InChI=1S/C28H30ClF6N3O4S/c29-21-6-8-23(9-7-21)43(41,42)37-26(40)24(18-14-19(27(30,31)32)16-20(15-18)28(33,34)35)38-12-10-17(11-13-38)25(39)36-22-4-2-1-3-5-22/h6-9,14-17,22,24H,1-5,10-13H2,(H,36,39)(H,37,40)/t24-/m0/s1. The molecule has 1 saturated heterocycles. The molecule has 0 spiro atoms. The topological polar surface area (TPSA) is 95.6 Å². The van der Waals surface area contributed by atoms with Crippen molar-refractivity contribution in [2.75, 3.05) is 13.1 Å². The number of carbonyl (C=O) groups is 2. The van der Waals surface area contributed by atoms with Crippen LogP contribution in [0, 0.1) is 5.92 Å². The summed E-state index contributed by atoms with van der Waals surface area (Å²) in [7, 11) is -4.58. The Balaban J connectivity index is 1.64. The van der Waals surface area contributed by atoms with Crippen LogP contribution in [0.25, 0.3) is 0 Å². The largest absolute Gasteiger partial charge is 0.416 e. The number of hydrogen-bond donors (Lipinski definition) is 2. The van der Waals surface area contributed by atoms with Crippen molar-refractivity contribution in [1.29, 1.82) is 0 Å². The van der Waals surface area contributed by atoms with Gasteiger partial charge in [-0.2, -0.15) is 26.3 Å². The van der Waals surface area contributed by atoms with E-state index in [1.54, 1.807) is 4.72 Å². The summed E-state index contributed by atoms with van der Waals surface area (Å²) in [6.07, 6.45) is -5.25. The van der Waals surface area contributed by atoms with E-state index >= 15 is 0 Å². The molecule has 15 heteroatoms. The maximum atomic E-state index is 13.7. The lowest BCUT2D eigenvalue weighted by Crippen LogP contribution is -2.48. The third-order valence-electron chi connectivity index (χ3n) is 7.75. The summed E-state index contributed by atoms with van der Waals surface area (Å²) in [4.78, 5) is 27.3. The average molecular weight is 654 g/mol. The number of alkyl halides is 6. The number of rotatable bonds is 7. The number of halogens is 7. The summed E-state index contributed by atoms with van der Waals surface area (Å²) in [6, 6.07) is 3.63. The number of amides is 2. The molecule has 1 aliphatic carbocycles. The van der Waals surface area contributed by atoms with Gasteiger partial charge in [0.25, 0.3) is 15.9 Å². The molecule has 2 aliphatic rings. The highest BCUT2D eigenvalue weighted by Crippen LogP contribution is 2.39. The van der Waals surface area contributed by atoms with Gasteiger partial charge in [0, 0.05) is 17.0 Å². The molecule has 4 rings (SSSR count). The summed E-state index contributed by atoms with van der Waals surface area (Å²) in [5.74, 6) is -2.02. The number of sulfonamides is 1. The van der Waals surface area contributed by atoms with Crippen molar-refractivity contribution in [1.82, 2.24) is 14.9 Å². The van der Waals surface area contributed by atoms with Crippen molar-refractivity contribution in [3.63, 3.8) is 0 Å². The lowest BCUT2D eigenvalue weighted by atomic mass is 9.90. The Labute approximate surface area is 250 Å². The number of carbonyl (C=O) groups excluding carboxylic acids is 2. The van der Waals surface area contributed by atoms with Crippen LogP contribution < -0.4 is 10.0 Å². The molecular weight excluding hydrogens is 624 g/mol. The van der Waals surface area contributed by atoms with Gasteiger partial charge in [-0.15, -0.1) is 0 Å². The van der Waals surface area contributed by atoms with E-state index in [0.29, 0.717) is 12.1 Å². The first-order valence-corrected chi connectivity index (χ1v) is 15.6. The second kappa shape index (κ2) is 13.0. The summed E-state index contributed by atoms with van der Waals surface area (Å²) in [5.41, 5.74) is -3.97. The van der Waals surface area contributed by atoms with Crippen LogP contribution in [0.3, 0.4) is 0 Å². The molecule has 43 heavy (non-hydrogen) atoms. The van der Waals surface area contributed by atoms with E-state index < -0.39 is 56.9 Å². The summed E-state index contributed by atoms with van der Waals surface area (Å²) in [6.45, 7) is -0.112. The first-order chi connectivity index (χ1) is 20.0. The molecule has 0 radical (unpaired) electrons. The van der Waals surface area contributed by atoms with E-state index in [0.717, 1.165) is 44.2 Å². The minimum absolute atomic E-state index is 0.0433. The van der Waals surface area contributed by atoms with E-state index in [2.05, 4.69) is 5.32 Å². The molecule has 2 fully saturated rings. The van der Waals surface area contributed by atoms with Gasteiger partial charge in [0.2, 0.25) is 5.91 Å². The highest BCUT2D eigenvalue weighted by Gasteiger charge is 2.41. The first kappa shape index (κ1) is 33.1. The Kier molecular flexibility index (Phi) is 10.0. The number of likely N-dealkylation sites (tertiary alicyclic amines) is 1. The molecule has 1 atom stereocenters. The summed E-state index contributed by atoms with van der Waals surface area (Å²) < 4.78 is 110. The van der Waals surface area contributed by atoms with Crippen LogP contribution >= 0.6 is 11.6 Å². The smallest absolute Gasteiger partial charge is 0.353 e. The molecule has 0 aromatic heterocycles. The van der Waals surface area contributed by atoms with Crippen LogP contribution in [0.1, 0.15) is 67.7 Å². The number of hydrogen-bond acceptors (Lipinski definition) is 5. The van der Waals surface area contributed by atoms with Crippen molar-refractivity contribution in [2.24, 2.45) is 5.92 Å². The second-order valence-electron chi connectivity index (χ2n) is 10.8. The van der Waals surface area contributed by atoms with Crippen LogP contribution in [0.15, 0.2) is 47.4 Å². The number of benzene rings is 2. The van der Waals surface area contributed by atoms with E-state index in [1.165, 1.54) is 17.0 Å². The zero-order valence-electron chi connectivity index (χ0n) is 22.8. The number of nitrogens with one attached hydrogen (secondary N) is 2. The van der Waals surface area contributed by atoms with E-state index in [1.807, 2.05) is 0 Å². The quantitative estimate of drug-likeness (QED) is 0.353. The van der Waals surface area contributed by atoms with Crippen LogP contribution in [0.4, 0.5) is 26.3 Å². The zero-order valence-corrected chi connectivity index (χ0v) is 24.3. The molecule has 7 nitrogen and oxygen atoms in total. The van der Waals surface area contributed by atoms with Gasteiger partial charge < -0.3 is 5.32 Å². The fraction of sp³-hybridized carbons (Fsp3) is 0.500. The Bertz CT molecular complexity index is 1390. The van der Waals surface area contributed by atoms with Crippen LogP contribution in [0.2, 0.25) is 5.02 Å².